The number of anilines is 1. The van der Waals surface area contributed by atoms with E-state index in [0.29, 0.717) is 5.13 Å². The van der Waals surface area contributed by atoms with Crippen LogP contribution in [0.25, 0.3) is 0 Å². The van der Waals surface area contributed by atoms with Crippen molar-refractivity contribution in [2.75, 3.05) is 11.8 Å². The number of benzene rings is 1. The lowest BCUT2D eigenvalue weighted by atomic mass is 10.1. The molecular formula is C13H17N3O2S2. The summed E-state index contributed by atoms with van der Waals surface area (Å²) in [5.41, 5.74) is 1.04. The van der Waals surface area contributed by atoms with Crippen LogP contribution in [0.5, 0.6) is 0 Å². The zero-order valence-corrected chi connectivity index (χ0v) is 13.2. The summed E-state index contributed by atoms with van der Waals surface area (Å²) >= 11 is 1.31. The van der Waals surface area contributed by atoms with Gasteiger partial charge in [0, 0.05) is 17.1 Å². The molecule has 2 rings (SSSR count). The third-order valence-corrected chi connectivity index (χ3v) is 5.28. The number of hydrogen-bond donors (Lipinski definition) is 2. The van der Waals surface area contributed by atoms with Crippen molar-refractivity contribution in [3.05, 3.63) is 40.9 Å². The monoisotopic (exact) mass is 311 g/mol. The number of rotatable bonds is 5. The highest BCUT2D eigenvalue weighted by molar-refractivity contribution is 7.93. The Morgan fingerprint density at radius 2 is 1.90 bits per heavy atom. The van der Waals surface area contributed by atoms with Crippen molar-refractivity contribution in [2.24, 2.45) is 0 Å². The maximum absolute atomic E-state index is 12.2. The van der Waals surface area contributed by atoms with Crippen molar-refractivity contribution >= 4 is 26.5 Å². The van der Waals surface area contributed by atoms with Gasteiger partial charge in [-0.3, -0.25) is 4.72 Å². The summed E-state index contributed by atoms with van der Waals surface area (Å²) < 4.78 is 26.9. The van der Waals surface area contributed by atoms with Gasteiger partial charge in [-0.05, 0) is 38.6 Å². The summed E-state index contributed by atoms with van der Waals surface area (Å²) in [5.74, 6) is 0. The molecule has 1 aromatic carbocycles. The highest BCUT2D eigenvalue weighted by Gasteiger charge is 2.16. The first-order valence-corrected chi connectivity index (χ1v) is 8.45. The van der Waals surface area contributed by atoms with Crippen LogP contribution < -0.4 is 10.0 Å². The van der Waals surface area contributed by atoms with Crippen molar-refractivity contribution in [1.29, 1.82) is 0 Å². The van der Waals surface area contributed by atoms with E-state index in [4.69, 9.17) is 0 Å². The van der Waals surface area contributed by atoms with Gasteiger partial charge in [-0.2, -0.15) is 0 Å². The Morgan fingerprint density at radius 1 is 1.25 bits per heavy atom. The molecule has 0 amide bonds. The Bertz CT molecular complexity index is 678. The Hall–Kier alpha value is -1.44. The van der Waals surface area contributed by atoms with Gasteiger partial charge in [0.25, 0.3) is 10.0 Å². The molecule has 1 unspecified atom stereocenters. The lowest BCUT2D eigenvalue weighted by Gasteiger charge is -2.11. The van der Waals surface area contributed by atoms with Crippen molar-refractivity contribution < 1.29 is 8.42 Å². The van der Waals surface area contributed by atoms with Crippen LogP contribution >= 0.6 is 11.3 Å². The van der Waals surface area contributed by atoms with Gasteiger partial charge in [0.15, 0.2) is 5.13 Å². The van der Waals surface area contributed by atoms with E-state index in [1.165, 1.54) is 11.3 Å². The molecule has 0 radical (unpaired) electrons. The summed E-state index contributed by atoms with van der Waals surface area (Å²) in [5, 5.41) is 3.49. The van der Waals surface area contributed by atoms with Crippen molar-refractivity contribution in [3.63, 3.8) is 0 Å². The van der Waals surface area contributed by atoms with Crippen LogP contribution in [-0.4, -0.2) is 20.4 Å². The van der Waals surface area contributed by atoms with E-state index >= 15 is 0 Å². The fraction of sp³-hybridized carbons (Fsp3) is 0.308. The molecule has 2 aromatic rings. The Kier molecular flexibility index (Phi) is 4.42. The minimum Gasteiger partial charge on any atom is -0.313 e. The molecular weight excluding hydrogens is 294 g/mol. The third kappa shape index (κ3) is 3.36. The number of sulfonamides is 1. The standard InChI is InChI=1S/C13H17N3O2S2/c1-9-8-15-13(19-9)16-20(17,18)12-6-4-11(5-7-12)10(2)14-3/h4-8,10,14H,1-3H3,(H,15,16). The van der Waals surface area contributed by atoms with E-state index in [1.807, 2.05) is 33.0 Å². The highest BCUT2D eigenvalue weighted by Crippen LogP contribution is 2.22. The molecule has 0 spiro atoms. The molecule has 0 fully saturated rings. The van der Waals surface area contributed by atoms with E-state index in [2.05, 4.69) is 15.0 Å². The molecule has 0 aliphatic carbocycles. The number of aryl methyl sites for hydroxylation is 1. The molecule has 1 atom stereocenters. The number of hydrogen-bond acceptors (Lipinski definition) is 5. The molecule has 0 aliphatic heterocycles. The number of nitrogens with one attached hydrogen (secondary N) is 2. The second-order valence-corrected chi connectivity index (χ2v) is 7.38. The molecule has 7 heteroatoms. The molecule has 108 valence electrons. The minimum atomic E-state index is -3.57. The first kappa shape index (κ1) is 15.0. The van der Waals surface area contributed by atoms with Crippen LogP contribution in [0.15, 0.2) is 35.4 Å². The summed E-state index contributed by atoms with van der Waals surface area (Å²) in [6.07, 6.45) is 1.64. The van der Waals surface area contributed by atoms with Gasteiger partial charge in [-0.25, -0.2) is 13.4 Å². The average Bonchev–Trinajstić information content (AvgIpc) is 2.82. The molecule has 0 bridgehead atoms. The second-order valence-electron chi connectivity index (χ2n) is 4.46. The number of thiazole rings is 1. The molecule has 0 saturated heterocycles. The second kappa shape index (κ2) is 5.90. The third-order valence-electron chi connectivity index (χ3n) is 2.97. The molecule has 0 aliphatic rings. The van der Waals surface area contributed by atoms with E-state index in [9.17, 15) is 8.42 Å². The Morgan fingerprint density at radius 3 is 2.40 bits per heavy atom. The highest BCUT2D eigenvalue weighted by atomic mass is 32.2. The lowest BCUT2D eigenvalue weighted by molar-refractivity contribution is 0.600. The summed E-state index contributed by atoms with van der Waals surface area (Å²) in [4.78, 5) is 5.20. The van der Waals surface area contributed by atoms with Crippen LogP contribution in [-0.2, 0) is 10.0 Å². The first-order valence-electron chi connectivity index (χ1n) is 6.15. The fourth-order valence-electron chi connectivity index (χ4n) is 1.68. The maximum atomic E-state index is 12.2. The van der Waals surface area contributed by atoms with Crippen LogP contribution in [0, 0.1) is 6.92 Å². The van der Waals surface area contributed by atoms with Crippen molar-refractivity contribution in [1.82, 2.24) is 10.3 Å². The molecule has 20 heavy (non-hydrogen) atoms. The predicted molar refractivity (Wildman–Crippen MR) is 81.6 cm³/mol. The van der Waals surface area contributed by atoms with Crippen LogP contribution in [0.1, 0.15) is 23.4 Å². The Balaban J connectivity index is 2.21. The van der Waals surface area contributed by atoms with Crippen LogP contribution in [0.4, 0.5) is 5.13 Å². The largest absolute Gasteiger partial charge is 0.313 e. The number of aromatic nitrogens is 1. The van der Waals surface area contributed by atoms with E-state index in [0.717, 1.165) is 10.4 Å². The fourth-order valence-corrected chi connectivity index (χ4v) is 3.58. The van der Waals surface area contributed by atoms with Gasteiger partial charge in [0.2, 0.25) is 0 Å². The van der Waals surface area contributed by atoms with Crippen LogP contribution in [0.3, 0.4) is 0 Å². The number of nitrogens with zero attached hydrogens (tertiary/aromatic N) is 1. The lowest BCUT2D eigenvalue weighted by Crippen LogP contribution is -2.14. The van der Waals surface area contributed by atoms with Gasteiger partial charge < -0.3 is 5.32 Å². The molecule has 1 heterocycles. The SMILES string of the molecule is CNC(C)c1ccc(S(=O)(=O)Nc2ncc(C)s2)cc1. The van der Waals surface area contributed by atoms with Gasteiger partial charge >= 0.3 is 0 Å². The van der Waals surface area contributed by atoms with Crippen molar-refractivity contribution in [3.8, 4) is 0 Å². The van der Waals surface area contributed by atoms with Gasteiger partial charge in [0.05, 0.1) is 4.90 Å². The normalized spacial score (nSPS) is 13.2. The summed E-state index contributed by atoms with van der Waals surface area (Å²) in [7, 11) is -1.71. The average molecular weight is 311 g/mol. The minimum absolute atomic E-state index is 0.182. The van der Waals surface area contributed by atoms with Gasteiger partial charge in [-0.15, -0.1) is 11.3 Å². The molecule has 0 saturated carbocycles. The van der Waals surface area contributed by atoms with E-state index in [-0.39, 0.29) is 10.9 Å². The van der Waals surface area contributed by atoms with Crippen LogP contribution in [0.2, 0.25) is 0 Å². The molecule has 5 nitrogen and oxygen atoms in total. The zero-order valence-electron chi connectivity index (χ0n) is 11.5. The smallest absolute Gasteiger partial charge is 0.263 e. The maximum Gasteiger partial charge on any atom is 0.263 e. The predicted octanol–water partition coefficient (Wildman–Crippen LogP) is 2.53. The van der Waals surface area contributed by atoms with Gasteiger partial charge in [-0.1, -0.05) is 12.1 Å². The van der Waals surface area contributed by atoms with Crippen molar-refractivity contribution in [2.45, 2.75) is 24.8 Å². The summed E-state index contributed by atoms with van der Waals surface area (Å²) in [6.45, 7) is 3.89. The molecule has 2 N–H and O–H groups in total. The zero-order chi connectivity index (χ0) is 14.8. The van der Waals surface area contributed by atoms with E-state index in [1.54, 1.807) is 18.3 Å². The van der Waals surface area contributed by atoms with Gasteiger partial charge in [0.1, 0.15) is 0 Å². The molecule has 1 aromatic heterocycles. The topological polar surface area (TPSA) is 71.1 Å². The first-order chi connectivity index (χ1) is 9.42. The Labute approximate surface area is 123 Å². The summed E-state index contributed by atoms with van der Waals surface area (Å²) in [6, 6.07) is 7.00. The van der Waals surface area contributed by atoms with E-state index < -0.39 is 10.0 Å². The quantitative estimate of drug-likeness (QED) is 0.890.